The van der Waals surface area contributed by atoms with E-state index in [0.29, 0.717) is 0 Å². The minimum Gasteiger partial charge on any atom is -1.00 e. The second kappa shape index (κ2) is 13.0. The van der Waals surface area contributed by atoms with Crippen molar-refractivity contribution in [3.8, 4) is 0 Å². The van der Waals surface area contributed by atoms with Gasteiger partial charge in [0.1, 0.15) is 0 Å². The number of halogens is 2. The van der Waals surface area contributed by atoms with Gasteiger partial charge in [-0.3, -0.25) is 0 Å². The molecule has 0 unspecified atom stereocenters. The number of benzene rings is 4. The summed E-state index contributed by atoms with van der Waals surface area (Å²) < 4.78 is 1.52. The maximum absolute atomic E-state index is 2.58. The van der Waals surface area contributed by atoms with E-state index in [0.717, 1.165) is 6.42 Å². The molecule has 6 rings (SSSR count). The van der Waals surface area contributed by atoms with E-state index < -0.39 is 8.41 Å². The van der Waals surface area contributed by atoms with E-state index >= 15 is 0 Å². The molecule has 0 atom stereocenters. The summed E-state index contributed by atoms with van der Waals surface area (Å²) in [7, 11) is -1.34. The van der Waals surface area contributed by atoms with Crippen LogP contribution >= 0.6 is 0 Å². The molecular weight excluding hydrogens is 671 g/mol. The summed E-state index contributed by atoms with van der Waals surface area (Å²) in [6, 6.07) is 27.8. The third-order valence-corrected chi connectivity index (χ3v) is 13.0. The normalized spacial score (nSPS) is 13.6. The van der Waals surface area contributed by atoms with Crippen LogP contribution in [0.1, 0.15) is 81.3 Å². The van der Waals surface area contributed by atoms with Crippen molar-refractivity contribution in [1.29, 1.82) is 0 Å². The van der Waals surface area contributed by atoms with Gasteiger partial charge >= 0.3 is 270 Å². The first-order chi connectivity index (χ1) is 19.9. The van der Waals surface area contributed by atoms with Crippen LogP contribution in [-0.2, 0) is 35.5 Å². The molecule has 0 N–H and O–H groups in total. The standard InChI is InChI=1S/C40H41Si.2ClH.Zr/c1-26-23-29-24-33-35(28-17-15-16-18-28)27(2)37(40(6,7)8)38(36(33)32(29)25-34(26)39(3,4)5)41(30-19-11-9-12-20-30)31-21-13-10-14-22-31;;;/h9-17,19-23,25H,18H2,1-8H3;2*1H;/q;;;+2/p-2. The van der Waals surface area contributed by atoms with Gasteiger partial charge in [-0.05, 0) is 0 Å². The first-order valence-corrected chi connectivity index (χ1v) is 17.9. The minimum absolute atomic E-state index is 0. The second-order valence-electron chi connectivity index (χ2n) is 14.0. The molecule has 0 bridgehead atoms. The summed E-state index contributed by atoms with van der Waals surface area (Å²) in [5.41, 5.74) is 10.4. The van der Waals surface area contributed by atoms with Crippen LogP contribution in [0.5, 0.6) is 0 Å². The van der Waals surface area contributed by atoms with Gasteiger partial charge in [0.2, 0.25) is 0 Å². The van der Waals surface area contributed by atoms with Gasteiger partial charge in [-0.2, -0.15) is 0 Å². The predicted octanol–water partition coefficient (Wildman–Crippen LogP) is 1.70. The molecule has 0 nitrogen and oxygen atoms in total. The molecule has 0 saturated heterocycles. The molecule has 0 heterocycles. The van der Waals surface area contributed by atoms with Crippen molar-refractivity contribution in [2.75, 3.05) is 0 Å². The molecule has 4 aromatic rings. The Labute approximate surface area is 292 Å². The van der Waals surface area contributed by atoms with Crippen LogP contribution in [0.4, 0.5) is 0 Å². The Morgan fingerprint density at radius 2 is 1.27 bits per heavy atom. The van der Waals surface area contributed by atoms with Crippen molar-refractivity contribution in [2.24, 2.45) is 0 Å². The third-order valence-electron chi connectivity index (χ3n) is 8.93. The molecule has 0 saturated carbocycles. The average Bonchev–Trinajstić information content (AvgIpc) is 3.56. The molecule has 4 heteroatoms. The van der Waals surface area contributed by atoms with Gasteiger partial charge in [-0.25, -0.2) is 0 Å². The zero-order chi connectivity index (χ0) is 30.0. The van der Waals surface area contributed by atoms with Crippen LogP contribution in [0.25, 0.3) is 8.85 Å². The van der Waals surface area contributed by atoms with Gasteiger partial charge in [-0.1, -0.05) is 0 Å². The molecular formula is C40H41Cl2SiZr. The molecule has 4 aromatic carbocycles. The number of aryl methyl sites for hydroxylation is 1. The number of fused-ring (bicyclic) bond motifs is 2. The average molecular weight is 712 g/mol. The summed E-state index contributed by atoms with van der Waals surface area (Å²) in [4.78, 5) is 1.59. The van der Waals surface area contributed by atoms with Crippen LogP contribution in [0.2, 0.25) is 0 Å². The van der Waals surface area contributed by atoms with Gasteiger partial charge in [0.15, 0.2) is 0 Å². The second-order valence-corrected chi connectivity index (χ2v) is 17.7. The van der Waals surface area contributed by atoms with Crippen molar-refractivity contribution in [3.05, 3.63) is 145 Å². The fraction of sp³-hybridized carbons (Fsp3) is 0.275. The van der Waals surface area contributed by atoms with Crippen LogP contribution in [-0.4, -0.2) is 8.41 Å². The first-order valence-electron chi connectivity index (χ1n) is 15.2. The van der Waals surface area contributed by atoms with E-state index in [2.05, 4.69) is 146 Å². The summed E-state index contributed by atoms with van der Waals surface area (Å²) in [5, 5.41) is 7.34. The summed E-state index contributed by atoms with van der Waals surface area (Å²) in [6.07, 6.45) is 7.95. The van der Waals surface area contributed by atoms with E-state index in [1.807, 2.05) is 0 Å². The zero-order valence-electron chi connectivity index (χ0n) is 27.1. The minimum atomic E-state index is -1.34. The van der Waals surface area contributed by atoms with Crippen molar-refractivity contribution in [1.82, 2.24) is 0 Å². The van der Waals surface area contributed by atoms with E-state index in [9.17, 15) is 0 Å². The van der Waals surface area contributed by atoms with Gasteiger partial charge in [0.05, 0.1) is 0 Å². The molecule has 0 spiro atoms. The van der Waals surface area contributed by atoms with Gasteiger partial charge < -0.3 is 24.8 Å². The Hall–Kier alpha value is -2.09. The summed E-state index contributed by atoms with van der Waals surface area (Å²) in [5.74, 6) is 0. The molecule has 44 heavy (non-hydrogen) atoms. The smallest absolute Gasteiger partial charge is 1.00 e. The number of rotatable bonds is 3. The maximum atomic E-state index is 2.58. The third kappa shape index (κ3) is 5.93. The van der Waals surface area contributed by atoms with Crippen LogP contribution < -0.4 is 40.4 Å². The molecule has 2 aliphatic carbocycles. The van der Waals surface area contributed by atoms with Crippen molar-refractivity contribution >= 4 is 27.6 Å². The van der Waals surface area contributed by atoms with E-state index in [-0.39, 0.29) is 35.6 Å². The van der Waals surface area contributed by atoms with Crippen molar-refractivity contribution in [2.45, 2.75) is 72.6 Å². The number of hydrogen-bond acceptors (Lipinski definition) is 0. The SMILES string of the molecule is Cc1cc2c(cc1C(C)(C)C)=c1c(c(C3=CC=CC3)c(C)c(C(C)(C)C)c1=[Si](c1ccccc1)c1ccccc1)[C]=2[Zr+2].[Cl-].[Cl-]. The molecule has 2 aliphatic rings. The Morgan fingerprint density at radius 1 is 0.705 bits per heavy atom. The maximum Gasteiger partial charge on any atom is -1.00 e. The topological polar surface area (TPSA) is 0 Å². The van der Waals surface area contributed by atoms with Crippen LogP contribution in [0, 0.1) is 29.1 Å². The van der Waals surface area contributed by atoms with E-state index in [4.69, 9.17) is 0 Å². The Morgan fingerprint density at radius 3 is 1.75 bits per heavy atom. The van der Waals surface area contributed by atoms with Gasteiger partial charge in [0.25, 0.3) is 0 Å². The van der Waals surface area contributed by atoms with Crippen molar-refractivity contribution < 1.29 is 49.5 Å². The molecule has 0 aromatic heterocycles. The summed E-state index contributed by atoms with van der Waals surface area (Å²) in [6.45, 7) is 19.1. The van der Waals surface area contributed by atoms with Crippen LogP contribution in [0.15, 0.2) is 91.0 Å². The summed E-state index contributed by atoms with van der Waals surface area (Å²) >= 11 is 1.49. The van der Waals surface area contributed by atoms with E-state index in [1.165, 1.54) is 87.4 Å². The van der Waals surface area contributed by atoms with Gasteiger partial charge in [0, 0.05) is 0 Å². The molecule has 0 fully saturated rings. The fourth-order valence-corrected chi connectivity index (χ4v) is 11.8. The predicted molar refractivity (Wildman–Crippen MR) is 178 cm³/mol. The Balaban J connectivity index is 0.00000221. The fourth-order valence-electron chi connectivity index (χ4n) is 7.35. The van der Waals surface area contributed by atoms with Gasteiger partial charge in [-0.15, -0.1) is 0 Å². The zero-order valence-corrected chi connectivity index (χ0v) is 32.1. The molecule has 0 aliphatic heterocycles. The molecule has 0 amide bonds. The van der Waals surface area contributed by atoms with E-state index in [1.54, 1.807) is 10.4 Å². The Kier molecular flexibility index (Phi) is 10.2. The van der Waals surface area contributed by atoms with Crippen LogP contribution in [0.3, 0.4) is 0 Å². The largest absolute Gasteiger partial charge is 1.00 e. The quantitative estimate of drug-likeness (QED) is 0.284. The number of hydrogen-bond donors (Lipinski definition) is 0. The molecule has 0 radical (unpaired) electrons. The monoisotopic (exact) mass is 709 g/mol. The van der Waals surface area contributed by atoms with Crippen molar-refractivity contribution in [3.63, 3.8) is 0 Å². The first kappa shape index (κ1) is 34.8. The molecule has 223 valence electrons. The Bertz CT molecular complexity index is 1980. The number of allylic oxidation sites excluding steroid dienone is 4.